The van der Waals surface area contributed by atoms with Gasteiger partial charge in [-0.05, 0) is 25.6 Å². The van der Waals surface area contributed by atoms with Gasteiger partial charge in [0.15, 0.2) is 0 Å². The Morgan fingerprint density at radius 1 is 1.60 bits per heavy atom. The third-order valence-electron chi connectivity index (χ3n) is 2.31. The SMILES string of the molecule is BC1CN(C)CCC(/C=C/P(=C)(O)O)O1. The summed E-state index contributed by atoms with van der Waals surface area (Å²) < 4.78 is 5.72. The average molecular weight is 231 g/mol. The van der Waals surface area contributed by atoms with E-state index in [0.717, 1.165) is 19.5 Å². The molecule has 4 nitrogen and oxygen atoms in total. The van der Waals surface area contributed by atoms with Crippen LogP contribution in [0.2, 0.25) is 0 Å². The Labute approximate surface area is 92.1 Å². The predicted octanol–water partition coefficient (Wildman–Crippen LogP) is -0.556. The molecule has 2 atom stereocenters. The zero-order valence-electron chi connectivity index (χ0n) is 9.33. The Morgan fingerprint density at radius 3 is 2.87 bits per heavy atom. The summed E-state index contributed by atoms with van der Waals surface area (Å²) in [4.78, 5) is 20.5. The second-order valence-electron chi connectivity index (χ2n) is 4.16. The molecule has 15 heavy (non-hydrogen) atoms. The van der Waals surface area contributed by atoms with Crippen molar-refractivity contribution in [3.63, 3.8) is 0 Å². The van der Waals surface area contributed by atoms with E-state index in [1.54, 1.807) is 6.08 Å². The third-order valence-corrected chi connectivity index (χ3v) is 2.96. The molecule has 0 bridgehead atoms. The van der Waals surface area contributed by atoms with Gasteiger partial charge in [0.2, 0.25) is 0 Å². The summed E-state index contributed by atoms with van der Waals surface area (Å²) in [7, 11) is 1.02. The van der Waals surface area contributed by atoms with Crippen molar-refractivity contribution >= 4 is 21.5 Å². The van der Waals surface area contributed by atoms with Gasteiger partial charge in [0.25, 0.3) is 0 Å². The highest BCUT2D eigenvalue weighted by molar-refractivity contribution is 7.65. The molecule has 1 fully saturated rings. The molecule has 6 heteroatoms. The van der Waals surface area contributed by atoms with Crippen molar-refractivity contribution in [1.29, 1.82) is 0 Å². The van der Waals surface area contributed by atoms with E-state index in [1.807, 2.05) is 7.85 Å². The molecule has 0 saturated carbocycles. The summed E-state index contributed by atoms with van der Waals surface area (Å²) in [6, 6.07) is 0.169. The van der Waals surface area contributed by atoms with Crippen molar-refractivity contribution < 1.29 is 14.5 Å². The van der Waals surface area contributed by atoms with Crippen LogP contribution in [0.1, 0.15) is 6.42 Å². The van der Waals surface area contributed by atoms with Crippen molar-refractivity contribution in [2.24, 2.45) is 0 Å². The first kappa shape index (κ1) is 13.0. The van der Waals surface area contributed by atoms with Gasteiger partial charge in [-0.2, -0.15) is 0 Å². The summed E-state index contributed by atoms with van der Waals surface area (Å²) in [5.41, 5.74) is 0. The molecule has 2 unspecified atom stereocenters. The molecule has 0 radical (unpaired) electrons. The van der Waals surface area contributed by atoms with Crippen LogP contribution in [-0.2, 0) is 4.74 Å². The van der Waals surface area contributed by atoms with Crippen molar-refractivity contribution in [3.8, 4) is 0 Å². The van der Waals surface area contributed by atoms with E-state index in [1.165, 1.54) is 5.82 Å². The van der Waals surface area contributed by atoms with E-state index in [-0.39, 0.29) is 12.1 Å². The number of rotatable bonds is 2. The Morgan fingerprint density at radius 2 is 2.27 bits per heavy atom. The van der Waals surface area contributed by atoms with E-state index in [4.69, 9.17) is 14.5 Å². The van der Waals surface area contributed by atoms with Gasteiger partial charge in [-0.25, -0.2) is 0 Å². The van der Waals surface area contributed by atoms with E-state index in [9.17, 15) is 0 Å². The lowest BCUT2D eigenvalue weighted by atomic mass is 10.00. The lowest BCUT2D eigenvalue weighted by Gasteiger charge is -2.16. The Hall–Kier alpha value is -0.0551. The molecule has 0 spiro atoms. The maximum atomic E-state index is 9.14. The van der Waals surface area contributed by atoms with Crippen LogP contribution < -0.4 is 0 Å². The number of nitrogens with zero attached hydrogens (tertiary/aromatic N) is 1. The van der Waals surface area contributed by atoms with E-state index in [2.05, 4.69) is 18.2 Å². The van der Waals surface area contributed by atoms with Crippen molar-refractivity contribution in [2.75, 3.05) is 20.1 Å². The van der Waals surface area contributed by atoms with Gasteiger partial charge in [0.05, 0.1) is 6.10 Å². The molecule has 1 rings (SSSR count). The van der Waals surface area contributed by atoms with Crippen LogP contribution in [0, 0.1) is 0 Å². The van der Waals surface area contributed by atoms with Gasteiger partial charge in [-0.3, -0.25) is 0 Å². The molecule has 0 aromatic heterocycles. The molecular weight excluding hydrogens is 212 g/mol. The maximum absolute atomic E-state index is 9.14. The van der Waals surface area contributed by atoms with Crippen LogP contribution >= 0.6 is 7.34 Å². The number of ether oxygens (including phenoxy) is 1. The summed E-state index contributed by atoms with van der Waals surface area (Å²) >= 11 is 0. The minimum atomic E-state index is -3.06. The van der Waals surface area contributed by atoms with E-state index < -0.39 is 7.34 Å². The second kappa shape index (κ2) is 5.33. The molecule has 1 aliphatic rings. The summed E-state index contributed by atoms with van der Waals surface area (Å²) in [6.45, 7) is 1.87. The summed E-state index contributed by atoms with van der Waals surface area (Å²) in [5, 5.41) is 0. The van der Waals surface area contributed by atoms with E-state index in [0.29, 0.717) is 0 Å². The molecule has 1 saturated heterocycles. The molecule has 0 aliphatic carbocycles. The van der Waals surface area contributed by atoms with E-state index >= 15 is 0 Å². The highest BCUT2D eigenvalue weighted by atomic mass is 31.2. The zero-order valence-corrected chi connectivity index (χ0v) is 10.2. The largest absolute Gasteiger partial charge is 0.379 e. The molecular formula is C9H19BNO3P. The lowest BCUT2D eigenvalue weighted by molar-refractivity contribution is 0.0676. The van der Waals surface area contributed by atoms with Gasteiger partial charge in [-0.15, -0.1) is 0 Å². The zero-order chi connectivity index (χ0) is 11.5. The minimum absolute atomic E-state index is 0.0367. The maximum Gasteiger partial charge on any atom is 0.140 e. The molecule has 0 aromatic carbocycles. The van der Waals surface area contributed by atoms with Crippen LogP contribution in [0.3, 0.4) is 0 Å². The number of hydrogen-bond acceptors (Lipinski definition) is 4. The van der Waals surface area contributed by atoms with Gasteiger partial charge in [0.1, 0.15) is 15.2 Å². The Kier molecular flexibility index (Phi) is 4.62. The first-order valence-electron chi connectivity index (χ1n) is 5.09. The highest BCUT2D eigenvalue weighted by Gasteiger charge is 2.18. The molecule has 1 aliphatic heterocycles. The number of likely N-dealkylation sites (N-methyl/N-ethyl adjacent to an activating group) is 1. The van der Waals surface area contributed by atoms with Crippen molar-refractivity contribution in [3.05, 3.63) is 11.9 Å². The van der Waals surface area contributed by atoms with Crippen LogP contribution in [0.4, 0.5) is 0 Å². The number of hydrogen-bond donors (Lipinski definition) is 2. The van der Waals surface area contributed by atoms with Gasteiger partial charge < -0.3 is 19.4 Å². The minimum Gasteiger partial charge on any atom is -0.379 e. The van der Waals surface area contributed by atoms with Gasteiger partial charge in [-0.1, -0.05) is 6.08 Å². The Balaban J connectivity index is 2.55. The topological polar surface area (TPSA) is 52.9 Å². The molecule has 86 valence electrons. The second-order valence-corrected chi connectivity index (χ2v) is 6.03. The fraction of sp³-hybridized carbons (Fsp3) is 0.667. The average Bonchev–Trinajstić information content (AvgIpc) is 2.22. The smallest absolute Gasteiger partial charge is 0.140 e. The lowest BCUT2D eigenvalue weighted by Crippen LogP contribution is -2.28. The standard InChI is InChI=1S/C9H19BNO3P/c1-11-5-3-8(14-9(10)7-11)4-6-15(2,12)13/h4,6,8-9,12-13H,2-3,5,7,10H2,1H3/b6-4+. The van der Waals surface area contributed by atoms with Gasteiger partial charge >= 0.3 is 0 Å². The molecule has 0 amide bonds. The van der Waals surface area contributed by atoms with Crippen LogP contribution in [-0.4, -0.2) is 61.1 Å². The van der Waals surface area contributed by atoms with Crippen molar-refractivity contribution in [1.82, 2.24) is 4.90 Å². The van der Waals surface area contributed by atoms with Crippen LogP contribution in [0.25, 0.3) is 0 Å². The van der Waals surface area contributed by atoms with Crippen LogP contribution in [0.5, 0.6) is 0 Å². The first-order chi connectivity index (χ1) is 6.87. The Bertz CT molecular complexity index is 279. The van der Waals surface area contributed by atoms with Crippen molar-refractivity contribution in [2.45, 2.75) is 18.5 Å². The quantitative estimate of drug-likeness (QED) is 0.494. The fourth-order valence-corrected chi connectivity index (χ4v) is 2.13. The molecule has 0 aromatic rings. The fourth-order valence-electron chi connectivity index (χ4n) is 1.66. The first-order valence-corrected chi connectivity index (χ1v) is 7.03. The normalized spacial score (nSPS) is 30.6. The molecule has 2 N–H and O–H groups in total. The predicted molar refractivity (Wildman–Crippen MR) is 66.9 cm³/mol. The molecule has 1 heterocycles. The highest BCUT2D eigenvalue weighted by Crippen LogP contribution is 2.35. The summed E-state index contributed by atoms with van der Waals surface area (Å²) in [6.07, 6.45) is 5.84. The third kappa shape index (κ3) is 5.54. The monoisotopic (exact) mass is 231 g/mol. The van der Waals surface area contributed by atoms with Crippen LogP contribution in [0.15, 0.2) is 11.9 Å². The van der Waals surface area contributed by atoms with Gasteiger partial charge in [0, 0.05) is 19.1 Å². The summed E-state index contributed by atoms with van der Waals surface area (Å²) in [5.74, 6) is 1.37.